The van der Waals surface area contributed by atoms with Gasteiger partial charge in [-0.2, -0.15) is 0 Å². The standard InChI is InChI=1S/C32H29NO4/c34-31(29-19-36-30-15-6-5-14-27(29)30)20-16-21-8-7-9-22(17-20)33(21)32(35)37-18-28-25-12-3-1-10-23(25)24-11-2-4-13-26(24)28/h1-6,10-15,19-22,28H,7-9,16-18H2. The van der Waals surface area contributed by atoms with E-state index in [0.29, 0.717) is 25.0 Å². The zero-order valence-electron chi connectivity index (χ0n) is 20.6. The van der Waals surface area contributed by atoms with Gasteiger partial charge in [0.05, 0.1) is 5.56 Å². The van der Waals surface area contributed by atoms with Crippen LogP contribution in [0.4, 0.5) is 4.79 Å². The van der Waals surface area contributed by atoms with Crippen molar-refractivity contribution in [3.63, 3.8) is 0 Å². The van der Waals surface area contributed by atoms with Crippen molar-refractivity contribution in [1.29, 1.82) is 0 Å². The maximum atomic E-state index is 13.5. The van der Waals surface area contributed by atoms with Gasteiger partial charge in [-0.15, -0.1) is 0 Å². The highest BCUT2D eigenvalue weighted by molar-refractivity contribution is 6.08. The van der Waals surface area contributed by atoms with Gasteiger partial charge in [-0.3, -0.25) is 4.79 Å². The number of amides is 1. The minimum absolute atomic E-state index is 0.0373. The van der Waals surface area contributed by atoms with E-state index in [1.807, 2.05) is 29.2 Å². The van der Waals surface area contributed by atoms with E-state index < -0.39 is 0 Å². The van der Waals surface area contributed by atoms with Crippen LogP contribution in [0.25, 0.3) is 22.1 Å². The second kappa shape index (κ2) is 8.91. The zero-order chi connectivity index (χ0) is 24.9. The van der Waals surface area contributed by atoms with Crippen molar-refractivity contribution < 1.29 is 18.7 Å². The molecular weight excluding hydrogens is 462 g/mol. The molecule has 2 unspecified atom stereocenters. The van der Waals surface area contributed by atoms with Gasteiger partial charge in [0, 0.05) is 29.3 Å². The molecule has 1 amide bonds. The third kappa shape index (κ3) is 3.67. The van der Waals surface area contributed by atoms with Crippen LogP contribution in [0.5, 0.6) is 0 Å². The first kappa shape index (κ1) is 22.3. The van der Waals surface area contributed by atoms with Gasteiger partial charge < -0.3 is 14.1 Å². The van der Waals surface area contributed by atoms with Gasteiger partial charge >= 0.3 is 6.09 Å². The smallest absolute Gasteiger partial charge is 0.410 e. The summed E-state index contributed by atoms with van der Waals surface area (Å²) in [6, 6.07) is 24.5. The molecule has 5 nitrogen and oxygen atoms in total. The molecule has 3 aromatic carbocycles. The molecule has 7 rings (SSSR count). The lowest BCUT2D eigenvalue weighted by Gasteiger charge is -2.47. The van der Waals surface area contributed by atoms with Crippen molar-refractivity contribution in [1.82, 2.24) is 4.90 Å². The summed E-state index contributed by atoms with van der Waals surface area (Å²) in [5, 5.41) is 0.872. The highest BCUT2D eigenvalue weighted by Crippen LogP contribution is 2.45. The van der Waals surface area contributed by atoms with Crippen molar-refractivity contribution in [3.8, 4) is 11.1 Å². The van der Waals surface area contributed by atoms with E-state index >= 15 is 0 Å². The van der Waals surface area contributed by atoms with Crippen LogP contribution in [-0.4, -0.2) is 35.5 Å². The molecule has 3 heterocycles. The Morgan fingerprint density at radius 3 is 2.16 bits per heavy atom. The number of fused-ring (bicyclic) bond motifs is 6. The van der Waals surface area contributed by atoms with Crippen LogP contribution in [0.1, 0.15) is 59.5 Å². The number of hydrogen-bond acceptors (Lipinski definition) is 4. The molecule has 0 N–H and O–H groups in total. The number of rotatable bonds is 4. The molecule has 0 spiro atoms. The third-order valence-corrected chi connectivity index (χ3v) is 8.64. The average Bonchev–Trinajstić information content (AvgIpc) is 3.50. The zero-order valence-corrected chi connectivity index (χ0v) is 20.6. The lowest BCUT2D eigenvalue weighted by molar-refractivity contribution is 0.00652. The fraction of sp³-hybridized carbons (Fsp3) is 0.312. The number of piperidine rings is 2. The maximum Gasteiger partial charge on any atom is 0.410 e. The number of hydrogen-bond donors (Lipinski definition) is 0. The van der Waals surface area contributed by atoms with Gasteiger partial charge in [0.1, 0.15) is 18.5 Å². The molecule has 0 radical (unpaired) electrons. The Hall–Kier alpha value is -3.86. The number of benzene rings is 3. The second-order valence-corrected chi connectivity index (χ2v) is 10.6. The summed E-state index contributed by atoms with van der Waals surface area (Å²) in [4.78, 5) is 28.9. The van der Waals surface area contributed by atoms with Gasteiger partial charge in [-0.1, -0.05) is 66.7 Å². The molecule has 2 bridgehead atoms. The van der Waals surface area contributed by atoms with E-state index in [-0.39, 0.29) is 35.8 Å². The molecule has 2 aliphatic heterocycles. The highest BCUT2D eigenvalue weighted by Gasteiger charge is 2.44. The molecule has 2 saturated heterocycles. The number of furan rings is 1. The number of ether oxygens (including phenoxy) is 1. The molecule has 1 aliphatic carbocycles. The lowest BCUT2D eigenvalue weighted by atomic mass is 9.76. The normalized spacial score (nSPS) is 22.5. The predicted octanol–water partition coefficient (Wildman–Crippen LogP) is 7.20. The van der Waals surface area contributed by atoms with Crippen LogP contribution in [0.3, 0.4) is 0 Å². The number of ketones is 1. The SMILES string of the molecule is O=C(c1coc2ccccc12)C1CC2CCCC(C1)N2C(=O)OCC1c2ccccc2-c2ccccc21. The van der Waals surface area contributed by atoms with E-state index in [1.165, 1.54) is 22.3 Å². The van der Waals surface area contributed by atoms with E-state index in [0.717, 1.165) is 30.2 Å². The number of carbonyl (C=O) groups is 2. The Bertz CT molecular complexity index is 1440. The van der Waals surface area contributed by atoms with Gasteiger partial charge in [0.15, 0.2) is 5.78 Å². The summed E-state index contributed by atoms with van der Waals surface area (Å²) in [7, 11) is 0. The van der Waals surface area contributed by atoms with Gasteiger partial charge in [-0.05, 0) is 60.4 Å². The van der Waals surface area contributed by atoms with E-state index in [4.69, 9.17) is 9.15 Å². The molecule has 186 valence electrons. The predicted molar refractivity (Wildman–Crippen MR) is 142 cm³/mol. The molecule has 1 aromatic heterocycles. The van der Waals surface area contributed by atoms with E-state index in [9.17, 15) is 9.59 Å². The van der Waals surface area contributed by atoms with Crippen LogP contribution < -0.4 is 0 Å². The first-order chi connectivity index (χ1) is 18.2. The maximum absolute atomic E-state index is 13.5. The summed E-state index contributed by atoms with van der Waals surface area (Å²) in [5.41, 5.74) is 6.28. The molecule has 3 aliphatic rings. The number of nitrogens with zero attached hydrogens (tertiary/aromatic N) is 1. The van der Waals surface area contributed by atoms with Crippen LogP contribution in [0.15, 0.2) is 83.5 Å². The molecular formula is C32H29NO4. The molecule has 0 saturated carbocycles. The van der Waals surface area contributed by atoms with Crippen molar-refractivity contribution >= 4 is 22.8 Å². The molecule has 5 heteroatoms. The largest absolute Gasteiger partial charge is 0.464 e. The first-order valence-electron chi connectivity index (χ1n) is 13.3. The Morgan fingerprint density at radius 2 is 1.46 bits per heavy atom. The van der Waals surface area contributed by atoms with E-state index in [1.54, 1.807) is 6.26 Å². The van der Waals surface area contributed by atoms with E-state index in [2.05, 4.69) is 48.5 Å². The van der Waals surface area contributed by atoms with Crippen LogP contribution in [0, 0.1) is 5.92 Å². The van der Waals surface area contributed by atoms with Crippen molar-refractivity contribution in [2.75, 3.05) is 6.61 Å². The van der Waals surface area contributed by atoms with Gasteiger partial charge in [-0.25, -0.2) is 4.79 Å². The van der Waals surface area contributed by atoms with Gasteiger partial charge in [0.25, 0.3) is 0 Å². The van der Waals surface area contributed by atoms with Crippen molar-refractivity contribution in [2.24, 2.45) is 5.92 Å². The monoisotopic (exact) mass is 491 g/mol. The molecule has 37 heavy (non-hydrogen) atoms. The Morgan fingerprint density at radius 1 is 0.838 bits per heavy atom. The van der Waals surface area contributed by atoms with Crippen molar-refractivity contribution in [2.45, 2.75) is 50.1 Å². The number of para-hydroxylation sites is 1. The van der Waals surface area contributed by atoms with Crippen LogP contribution in [0.2, 0.25) is 0 Å². The van der Waals surface area contributed by atoms with Crippen LogP contribution in [-0.2, 0) is 4.74 Å². The molecule has 2 fully saturated rings. The fourth-order valence-electron chi connectivity index (χ4n) is 6.95. The van der Waals surface area contributed by atoms with Crippen LogP contribution >= 0.6 is 0 Å². The molecule has 2 atom stereocenters. The minimum atomic E-state index is -0.240. The summed E-state index contributed by atoms with van der Waals surface area (Å²) in [5.74, 6) is 0.0765. The topological polar surface area (TPSA) is 59.8 Å². The van der Waals surface area contributed by atoms with Gasteiger partial charge in [0.2, 0.25) is 0 Å². The summed E-state index contributed by atoms with van der Waals surface area (Å²) < 4.78 is 11.7. The summed E-state index contributed by atoms with van der Waals surface area (Å²) in [6.45, 7) is 0.326. The average molecular weight is 492 g/mol. The number of carbonyl (C=O) groups excluding carboxylic acids is 2. The quantitative estimate of drug-likeness (QED) is 0.283. The number of Topliss-reactive ketones (excluding diaryl/α,β-unsaturated/α-hetero) is 1. The lowest BCUT2D eigenvalue weighted by Crippen LogP contribution is -2.55. The first-order valence-corrected chi connectivity index (χ1v) is 13.3. The highest BCUT2D eigenvalue weighted by atomic mass is 16.6. The fourth-order valence-corrected chi connectivity index (χ4v) is 6.95. The third-order valence-electron chi connectivity index (χ3n) is 8.64. The summed E-state index contributed by atoms with van der Waals surface area (Å²) in [6.07, 6.45) is 5.63. The Labute approximate surface area is 216 Å². The Balaban J connectivity index is 1.08. The summed E-state index contributed by atoms with van der Waals surface area (Å²) >= 11 is 0. The second-order valence-electron chi connectivity index (χ2n) is 10.6. The Kier molecular flexibility index (Phi) is 5.38. The minimum Gasteiger partial charge on any atom is -0.464 e. The van der Waals surface area contributed by atoms with Crippen molar-refractivity contribution in [3.05, 3.63) is 95.7 Å². The molecule has 4 aromatic rings.